The molecule has 378 valence electrons. The second-order valence-electron chi connectivity index (χ2n) is 18.4. The van der Waals surface area contributed by atoms with Gasteiger partial charge in [0.05, 0.1) is 0 Å². The van der Waals surface area contributed by atoms with Crippen molar-refractivity contribution in [1.29, 1.82) is 0 Å². The molecule has 13 rings (SSSR count). The second-order valence-corrected chi connectivity index (χ2v) is 23.3. The summed E-state index contributed by atoms with van der Waals surface area (Å²) in [6.07, 6.45) is 15.5. The van der Waals surface area contributed by atoms with Gasteiger partial charge in [-0.05, 0) is 104 Å². The summed E-state index contributed by atoms with van der Waals surface area (Å²) in [5.74, 6) is 5.28. The van der Waals surface area contributed by atoms with E-state index in [4.69, 9.17) is 12.8 Å². The summed E-state index contributed by atoms with van der Waals surface area (Å²) in [4.78, 5) is 0. The van der Waals surface area contributed by atoms with Gasteiger partial charge in [0.15, 0.2) is 0 Å². The van der Waals surface area contributed by atoms with E-state index < -0.39 is 15.8 Å². The molecule has 78 heavy (non-hydrogen) atoms. The van der Waals surface area contributed by atoms with Crippen molar-refractivity contribution in [3.05, 3.63) is 327 Å². The molecule has 4 heteroatoms. The van der Waals surface area contributed by atoms with Gasteiger partial charge in [0, 0.05) is 0 Å². The van der Waals surface area contributed by atoms with Gasteiger partial charge in [-0.25, -0.2) is 0 Å². The molecule has 13 aromatic rings. The van der Waals surface area contributed by atoms with Crippen molar-refractivity contribution < 1.29 is 44.8 Å². The van der Waals surface area contributed by atoms with Crippen LogP contribution in [0.4, 0.5) is 0 Å². The minimum Gasteiger partial charge on any atom is -0.366 e. The summed E-state index contributed by atoms with van der Waals surface area (Å²) < 4.78 is 0. The molecule has 0 atom stereocenters. The largest absolute Gasteiger partial charge is 1.00 e. The maximum absolute atomic E-state index is 7.73. The van der Waals surface area contributed by atoms with Gasteiger partial charge in [-0.2, -0.15) is 0 Å². The van der Waals surface area contributed by atoms with Crippen molar-refractivity contribution in [2.24, 2.45) is 0 Å². The molecule has 0 saturated heterocycles. The Morgan fingerprint density at radius 3 is 0.641 bits per heavy atom. The van der Waals surface area contributed by atoms with E-state index in [9.17, 15) is 0 Å². The maximum atomic E-state index is 7.73. The van der Waals surface area contributed by atoms with Crippen molar-refractivity contribution >= 4 is 90.8 Å². The summed E-state index contributed by atoms with van der Waals surface area (Å²) in [6, 6.07) is 107. The van der Waals surface area contributed by atoms with Crippen LogP contribution in [-0.2, 0) is 44.8 Å². The quantitative estimate of drug-likeness (QED) is 0.0468. The average molecular weight is 1400 g/mol. The fourth-order valence-corrected chi connectivity index (χ4v) is 16.6. The van der Waals surface area contributed by atoms with Crippen LogP contribution in [0.2, 0.25) is 0 Å². The molecule has 0 N–H and O–H groups in total. The third-order valence-electron chi connectivity index (χ3n) is 14.0. The van der Waals surface area contributed by atoms with Crippen molar-refractivity contribution in [1.82, 2.24) is 0 Å². The minimum atomic E-state index is -1.14. The Balaban J connectivity index is 0.000000144. The molecule has 0 radical (unpaired) electrons. The first-order valence-corrected chi connectivity index (χ1v) is 28.6. The van der Waals surface area contributed by atoms with Crippen LogP contribution < -0.4 is 31.8 Å². The van der Waals surface area contributed by atoms with Gasteiger partial charge in [-0.15, -0.1) is 11.1 Å². The molecule has 0 heterocycles. The molecule has 0 fully saturated rings. The Labute approximate surface area is 492 Å². The summed E-state index contributed by atoms with van der Waals surface area (Å²) >= 11 is 0. The first-order valence-electron chi connectivity index (χ1n) is 25.6. The normalized spacial score (nSPS) is 10.6. The van der Waals surface area contributed by atoms with Crippen molar-refractivity contribution in [2.75, 3.05) is 0 Å². The molecule has 0 spiro atoms. The predicted octanol–water partition coefficient (Wildman–Crippen LogP) is 15.9. The van der Waals surface area contributed by atoms with Gasteiger partial charge in [0.1, 0.15) is 47.7 Å². The van der Waals surface area contributed by atoms with Crippen molar-refractivity contribution in [3.63, 3.8) is 0 Å². The van der Waals surface area contributed by atoms with Crippen LogP contribution in [0.25, 0.3) is 65.3 Å². The molecule has 0 nitrogen and oxygen atoms in total. The van der Waals surface area contributed by atoms with Crippen LogP contribution in [-0.4, -0.2) is 0 Å². The van der Waals surface area contributed by atoms with E-state index >= 15 is 0 Å². The van der Waals surface area contributed by atoms with E-state index in [1.54, 1.807) is 0 Å². The summed E-state index contributed by atoms with van der Waals surface area (Å²) in [5.41, 5.74) is 6.59. The van der Waals surface area contributed by atoms with Crippen LogP contribution in [0.1, 0.15) is 11.1 Å². The van der Waals surface area contributed by atoms with E-state index in [0.29, 0.717) is 0 Å². The molecule has 0 aliphatic carbocycles. The SMILES string of the molecule is [Au+].[Au+].[C-]#Cc1c2ccccc2c(-c2ccccc2)c2ccccc12.[C-]#Cc1c2ccccc2c(-c2ccccc2)c2ccccc12.c1ccc([PH+](c2ccccc2)c2ccccc2[PH+](c2ccccc2)c2ccccc2)cc1. The zero-order valence-corrected chi connectivity index (χ0v) is 48.8. The molecule has 0 bridgehead atoms. The molecule has 0 aromatic heterocycles. The maximum Gasteiger partial charge on any atom is 1.00 e. The van der Waals surface area contributed by atoms with E-state index in [0.717, 1.165) is 32.7 Å². The number of rotatable bonds is 8. The Morgan fingerprint density at radius 2 is 0.410 bits per heavy atom. The number of hydrogen-bond acceptors (Lipinski definition) is 0. The molecule has 0 aliphatic rings. The predicted molar refractivity (Wildman–Crippen MR) is 333 cm³/mol. The number of hydrogen-bond donors (Lipinski definition) is 0. The Bertz CT molecular complexity index is 3710. The van der Waals surface area contributed by atoms with E-state index in [1.165, 1.54) is 75.6 Å². The Morgan fingerprint density at radius 1 is 0.218 bits per heavy atom. The molecule has 0 unspecified atom stereocenters. The monoisotopic (exact) mass is 1400 g/mol. The zero-order chi connectivity index (χ0) is 51.5. The van der Waals surface area contributed by atoms with Crippen LogP contribution in [0, 0.1) is 24.7 Å². The molecule has 0 amide bonds. The fourth-order valence-electron chi connectivity index (χ4n) is 10.7. The molecular weight excluding hydrogens is 1340 g/mol. The van der Waals surface area contributed by atoms with E-state index in [-0.39, 0.29) is 44.8 Å². The standard InChI is InChI=1S/C30H24P2.2C22H13.2Au/c1-5-15-25(16-6-1)31(26-17-7-2-8-18-26)29-23-13-14-24-30(29)32(27-19-9-3-10-20-27)28-21-11-4-12-22-28;2*1-2-17-18-12-6-8-14-20(18)22(16-10-4-3-5-11-16)21-15-9-7-13-19(17)21;;/h1-24H;2*3-15H;;/q;2*-1;2*+1/p+2. The van der Waals surface area contributed by atoms with E-state index in [2.05, 4.69) is 279 Å². The fraction of sp³-hybridized carbons (Fsp3) is 0. The Hall–Kier alpha value is -7.64. The third-order valence-corrected chi connectivity index (χ3v) is 19.8. The van der Waals surface area contributed by atoms with Crippen LogP contribution in [0.5, 0.6) is 0 Å². The molecule has 0 saturated carbocycles. The van der Waals surface area contributed by atoms with Gasteiger partial charge < -0.3 is 12.8 Å². The topological polar surface area (TPSA) is 0 Å². The second kappa shape index (κ2) is 26.6. The number of benzene rings is 13. The summed E-state index contributed by atoms with van der Waals surface area (Å²) in [6.45, 7) is 0. The van der Waals surface area contributed by atoms with E-state index in [1.807, 2.05) is 36.4 Å². The van der Waals surface area contributed by atoms with Crippen molar-refractivity contribution in [2.45, 2.75) is 0 Å². The molecular formula is C74H52Au2P2+2. The first-order chi connectivity index (χ1) is 37.7. The van der Waals surface area contributed by atoms with Gasteiger partial charge in [-0.1, -0.05) is 264 Å². The summed E-state index contributed by atoms with van der Waals surface area (Å²) in [5, 5.41) is 17.7. The molecule has 0 aliphatic heterocycles. The Kier molecular flexibility index (Phi) is 18.8. The van der Waals surface area contributed by atoms with Gasteiger partial charge in [0.2, 0.25) is 0 Å². The minimum absolute atomic E-state index is 0. The third kappa shape index (κ3) is 11.6. The summed E-state index contributed by atoms with van der Waals surface area (Å²) in [7, 11) is -2.28. The van der Waals surface area contributed by atoms with Crippen LogP contribution in [0.15, 0.2) is 303 Å². The van der Waals surface area contributed by atoms with Gasteiger partial charge in [0.25, 0.3) is 0 Å². The molecule has 13 aromatic carbocycles. The number of fused-ring (bicyclic) bond motifs is 4. The zero-order valence-electron chi connectivity index (χ0n) is 42.5. The first kappa shape index (κ1) is 55.1. The smallest absolute Gasteiger partial charge is 0.366 e. The van der Waals surface area contributed by atoms with Crippen LogP contribution >= 0.6 is 15.8 Å². The average Bonchev–Trinajstić information content (AvgIpc) is 3.64. The van der Waals surface area contributed by atoms with Crippen molar-refractivity contribution in [3.8, 4) is 34.1 Å². The van der Waals surface area contributed by atoms with Gasteiger partial charge >= 0.3 is 44.8 Å². The van der Waals surface area contributed by atoms with Gasteiger partial charge in [-0.3, -0.25) is 11.8 Å². The van der Waals surface area contributed by atoms with Crippen LogP contribution in [0.3, 0.4) is 0 Å².